The van der Waals surface area contributed by atoms with E-state index in [-0.39, 0.29) is 24.8 Å². The Hall–Kier alpha value is -3.88. The Morgan fingerprint density at radius 3 is 2.74 bits per heavy atom. The molecule has 0 saturated heterocycles. The number of benzene rings is 2. The lowest BCUT2D eigenvalue weighted by Gasteiger charge is -2.12. The molecule has 2 aromatic heterocycles. The summed E-state index contributed by atoms with van der Waals surface area (Å²) >= 11 is 0. The summed E-state index contributed by atoms with van der Waals surface area (Å²) in [5, 5.41) is 7.44. The van der Waals surface area contributed by atoms with Gasteiger partial charge in [0, 0.05) is 11.9 Å². The molecule has 1 amide bonds. The van der Waals surface area contributed by atoms with E-state index in [0.29, 0.717) is 34.5 Å². The van der Waals surface area contributed by atoms with Gasteiger partial charge in [-0.05, 0) is 48.9 Å². The highest BCUT2D eigenvalue weighted by molar-refractivity contribution is 5.86. The number of methoxy groups -OCH3 is 1. The van der Waals surface area contributed by atoms with Crippen LogP contribution in [-0.4, -0.2) is 33.8 Å². The molecule has 0 aliphatic carbocycles. The van der Waals surface area contributed by atoms with Gasteiger partial charge in [-0.3, -0.25) is 14.0 Å². The van der Waals surface area contributed by atoms with Crippen LogP contribution < -0.4 is 20.3 Å². The Morgan fingerprint density at radius 1 is 1.13 bits per heavy atom. The first-order valence-corrected chi connectivity index (χ1v) is 9.73. The van der Waals surface area contributed by atoms with Gasteiger partial charge < -0.3 is 14.8 Å². The maximum Gasteiger partial charge on any atom is 0.291 e. The van der Waals surface area contributed by atoms with Crippen LogP contribution in [-0.2, 0) is 17.9 Å². The van der Waals surface area contributed by atoms with Crippen molar-refractivity contribution in [2.24, 2.45) is 0 Å². The summed E-state index contributed by atoms with van der Waals surface area (Å²) in [6.45, 7) is 2.42. The van der Waals surface area contributed by atoms with Crippen LogP contribution in [0.15, 0.2) is 53.6 Å². The van der Waals surface area contributed by atoms with E-state index in [1.165, 1.54) is 18.5 Å². The van der Waals surface area contributed by atoms with Gasteiger partial charge in [0.25, 0.3) is 5.56 Å². The lowest BCUT2D eigenvalue weighted by atomic mass is 10.2. The molecule has 4 aromatic rings. The molecule has 0 atom stereocenters. The van der Waals surface area contributed by atoms with Crippen molar-refractivity contribution in [2.45, 2.75) is 20.0 Å². The molecule has 4 rings (SSSR count). The standard InChI is InChI=1S/C22H21FN4O4/c1-3-31-19-7-4-14(8-20(19)30-2)11-24-21(28)12-27-22(29)18-10-15-9-16(23)5-6-17(15)26(18)13-25-27/h4-10,13H,3,11-12H2,1-2H3,(H,24,28). The van der Waals surface area contributed by atoms with Crippen molar-refractivity contribution in [2.75, 3.05) is 13.7 Å². The summed E-state index contributed by atoms with van der Waals surface area (Å²) in [6, 6.07) is 11.2. The highest BCUT2D eigenvalue weighted by Crippen LogP contribution is 2.28. The number of rotatable bonds is 7. The average Bonchev–Trinajstić information content (AvgIpc) is 3.13. The molecule has 160 valence electrons. The fraction of sp³-hybridized carbons (Fsp3) is 0.227. The minimum atomic E-state index is -0.433. The molecule has 0 radical (unpaired) electrons. The van der Waals surface area contributed by atoms with Gasteiger partial charge in [0.05, 0.1) is 19.2 Å². The molecule has 2 heterocycles. The molecule has 0 spiro atoms. The van der Waals surface area contributed by atoms with Crippen molar-refractivity contribution in [3.05, 3.63) is 70.5 Å². The van der Waals surface area contributed by atoms with E-state index in [9.17, 15) is 14.0 Å². The smallest absolute Gasteiger partial charge is 0.291 e. The van der Waals surface area contributed by atoms with Gasteiger partial charge in [0.2, 0.25) is 5.91 Å². The number of aromatic nitrogens is 3. The minimum absolute atomic E-state index is 0.237. The Bertz CT molecular complexity index is 1330. The molecule has 9 heteroatoms. The Balaban J connectivity index is 1.49. The number of nitrogens with zero attached hydrogens (tertiary/aromatic N) is 3. The van der Waals surface area contributed by atoms with Crippen LogP contribution in [0.2, 0.25) is 0 Å². The Morgan fingerprint density at radius 2 is 1.97 bits per heavy atom. The van der Waals surface area contributed by atoms with Crippen molar-refractivity contribution in [1.82, 2.24) is 19.5 Å². The van der Waals surface area contributed by atoms with E-state index in [1.807, 2.05) is 13.0 Å². The number of hydrogen-bond acceptors (Lipinski definition) is 5. The lowest BCUT2D eigenvalue weighted by molar-refractivity contribution is -0.122. The van der Waals surface area contributed by atoms with Gasteiger partial charge in [0.15, 0.2) is 11.5 Å². The van der Waals surface area contributed by atoms with Gasteiger partial charge in [0.1, 0.15) is 24.2 Å². The zero-order valence-electron chi connectivity index (χ0n) is 17.1. The van der Waals surface area contributed by atoms with Crippen molar-refractivity contribution >= 4 is 22.3 Å². The summed E-state index contributed by atoms with van der Waals surface area (Å²) in [5.74, 6) is 0.452. The van der Waals surface area contributed by atoms with E-state index in [0.717, 1.165) is 10.2 Å². The Kier molecular flexibility index (Phi) is 5.57. The molecule has 31 heavy (non-hydrogen) atoms. The summed E-state index contributed by atoms with van der Waals surface area (Å²) < 4.78 is 26.9. The molecule has 0 unspecified atom stereocenters. The van der Waals surface area contributed by atoms with Crippen LogP contribution >= 0.6 is 0 Å². The number of fused-ring (bicyclic) bond motifs is 3. The second kappa shape index (κ2) is 8.47. The monoisotopic (exact) mass is 424 g/mol. The fourth-order valence-electron chi connectivity index (χ4n) is 3.40. The molecule has 0 aliphatic rings. The first-order valence-electron chi connectivity index (χ1n) is 9.73. The van der Waals surface area contributed by atoms with Crippen molar-refractivity contribution < 1.29 is 18.7 Å². The number of halogens is 1. The van der Waals surface area contributed by atoms with E-state index in [4.69, 9.17) is 9.47 Å². The first-order chi connectivity index (χ1) is 15.0. The molecule has 0 bridgehead atoms. The van der Waals surface area contributed by atoms with E-state index in [1.54, 1.807) is 35.8 Å². The van der Waals surface area contributed by atoms with Gasteiger partial charge >= 0.3 is 0 Å². The molecular formula is C22H21FN4O4. The maximum absolute atomic E-state index is 13.5. The number of hydrogen-bond donors (Lipinski definition) is 1. The number of carbonyl (C=O) groups excluding carboxylic acids is 1. The largest absolute Gasteiger partial charge is 0.493 e. The van der Waals surface area contributed by atoms with Gasteiger partial charge in [-0.1, -0.05) is 6.07 Å². The van der Waals surface area contributed by atoms with Crippen LogP contribution in [0.3, 0.4) is 0 Å². The molecular weight excluding hydrogens is 403 g/mol. The van der Waals surface area contributed by atoms with Gasteiger partial charge in [-0.2, -0.15) is 5.10 Å². The number of carbonyl (C=O) groups is 1. The highest BCUT2D eigenvalue weighted by atomic mass is 19.1. The van der Waals surface area contributed by atoms with Gasteiger partial charge in [-0.15, -0.1) is 0 Å². The van der Waals surface area contributed by atoms with Crippen molar-refractivity contribution in [3.63, 3.8) is 0 Å². The number of ether oxygens (including phenoxy) is 2. The molecule has 0 saturated carbocycles. The third-order valence-corrected chi connectivity index (χ3v) is 4.87. The van der Waals surface area contributed by atoms with Crippen LogP contribution in [0.5, 0.6) is 11.5 Å². The predicted molar refractivity (Wildman–Crippen MR) is 113 cm³/mol. The van der Waals surface area contributed by atoms with Crippen LogP contribution in [0.25, 0.3) is 16.4 Å². The van der Waals surface area contributed by atoms with Crippen LogP contribution in [0.4, 0.5) is 4.39 Å². The fourth-order valence-corrected chi connectivity index (χ4v) is 3.40. The third-order valence-electron chi connectivity index (χ3n) is 4.87. The minimum Gasteiger partial charge on any atom is -0.493 e. The predicted octanol–water partition coefficient (Wildman–Crippen LogP) is 2.51. The van der Waals surface area contributed by atoms with Crippen molar-refractivity contribution in [3.8, 4) is 11.5 Å². The second-order valence-electron chi connectivity index (χ2n) is 6.89. The normalized spacial score (nSPS) is 11.1. The molecule has 1 N–H and O–H groups in total. The SMILES string of the molecule is CCOc1ccc(CNC(=O)Cn2ncn3c(cc4cc(F)ccc43)c2=O)cc1OC. The summed E-state index contributed by atoms with van der Waals surface area (Å²) in [7, 11) is 1.55. The lowest BCUT2D eigenvalue weighted by Crippen LogP contribution is -2.33. The summed E-state index contributed by atoms with van der Waals surface area (Å²) in [5.41, 5.74) is 1.38. The second-order valence-corrected chi connectivity index (χ2v) is 6.89. The average molecular weight is 424 g/mol. The zero-order valence-corrected chi connectivity index (χ0v) is 17.1. The van der Waals surface area contributed by atoms with Gasteiger partial charge in [-0.25, -0.2) is 9.07 Å². The van der Waals surface area contributed by atoms with E-state index < -0.39 is 5.56 Å². The molecule has 8 nitrogen and oxygen atoms in total. The molecule has 2 aromatic carbocycles. The number of nitrogens with one attached hydrogen (secondary N) is 1. The van der Waals surface area contributed by atoms with Crippen LogP contribution in [0.1, 0.15) is 12.5 Å². The number of amides is 1. The van der Waals surface area contributed by atoms with Crippen molar-refractivity contribution in [1.29, 1.82) is 0 Å². The molecule has 0 aliphatic heterocycles. The first kappa shape index (κ1) is 20.4. The summed E-state index contributed by atoms with van der Waals surface area (Å²) in [4.78, 5) is 25.1. The molecule has 0 fully saturated rings. The quantitative estimate of drug-likeness (QED) is 0.493. The van der Waals surface area contributed by atoms with E-state index >= 15 is 0 Å². The Labute approximate surface area is 176 Å². The maximum atomic E-state index is 13.5. The van der Waals surface area contributed by atoms with Crippen LogP contribution in [0, 0.1) is 5.82 Å². The highest BCUT2D eigenvalue weighted by Gasteiger charge is 2.12. The third kappa shape index (κ3) is 4.07. The summed E-state index contributed by atoms with van der Waals surface area (Å²) in [6.07, 6.45) is 1.45. The topological polar surface area (TPSA) is 86.9 Å². The zero-order chi connectivity index (χ0) is 22.0. The van der Waals surface area contributed by atoms with E-state index in [2.05, 4.69) is 10.4 Å².